The number of hydrogen-bond donors (Lipinski definition) is 3. The van der Waals surface area contributed by atoms with Crippen LogP contribution in [0.5, 0.6) is 0 Å². The molecule has 0 heterocycles. The molecular weight excluding hydrogens is 150 g/mol. The van der Waals surface area contributed by atoms with E-state index in [0.717, 1.165) is 6.04 Å². The maximum absolute atomic E-state index is 9.10. The van der Waals surface area contributed by atoms with Crippen molar-refractivity contribution in [1.29, 1.82) is 0 Å². The molecule has 0 aliphatic heterocycles. The Labute approximate surface area is 64.0 Å². The number of aliphatic carboxylic acids is 2. The number of carbonyl (C=O) groups is 2. The maximum Gasteiger partial charge on any atom is 0.414 e. The summed E-state index contributed by atoms with van der Waals surface area (Å²) in [6.07, 6.45) is 2.80. The van der Waals surface area contributed by atoms with Crippen LogP contribution in [0.25, 0.3) is 0 Å². The van der Waals surface area contributed by atoms with Crippen LogP contribution in [0.15, 0.2) is 0 Å². The highest BCUT2D eigenvalue weighted by Gasteiger charge is 2.17. The van der Waals surface area contributed by atoms with Gasteiger partial charge in [-0.1, -0.05) is 0 Å². The minimum absolute atomic E-state index is 0.884. The van der Waals surface area contributed by atoms with Gasteiger partial charge in [-0.2, -0.15) is 0 Å². The molecule has 5 nitrogen and oxygen atoms in total. The Morgan fingerprint density at radius 2 is 1.64 bits per heavy atom. The molecule has 5 heteroatoms. The molecule has 0 bridgehead atoms. The number of carboxylic acids is 2. The van der Waals surface area contributed by atoms with E-state index in [4.69, 9.17) is 19.8 Å². The van der Waals surface area contributed by atoms with Crippen molar-refractivity contribution in [1.82, 2.24) is 5.32 Å². The lowest BCUT2D eigenvalue weighted by molar-refractivity contribution is -0.159. The molecule has 0 saturated heterocycles. The van der Waals surface area contributed by atoms with E-state index in [2.05, 4.69) is 5.32 Å². The van der Waals surface area contributed by atoms with Gasteiger partial charge in [-0.15, -0.1) is 0 Å². The lowest BCUT2D eigenvalue weighted by Crippen LogP contribution is -2.09. The van der Waals surface area contributed by atoms with Gasteiger partial charge in [0.25, 0.3) is 0 Å². The lowest BCUT2D eigenvalue weighted by Gasteiger charge is -1.80. The molecule has 0 spiro atoms. The second-order valence-electron chi connectivity index (χ2n) is 2.17. The van der Waals surface area contributed by atoms with Gasteiger partial charge < -0.3 is 15.5 Å². The molecule has 0 atom stereocenters. The molecule has 1 aliphatic carbocycles. The molecular formula is C6H11NO4. The molecule has 0 radical (unpaired) electrons. The molecule has 64 valence electrons. The molecule has 0 aromatic carbocycles. The molecule has 0 aromatic heterocycles. The van der Waals surface area contributed by atoms with Crippen molar-refractivity contribution in [3.8, 4) is 0 Å². The van der Waals surface area contributed by atoms with Crippen molar-refractivity contribution in [2.24, 2.45) is 0 Å². The molecule has 1 aliphatic rings. The summed E-state index contributed by atoms with van der Waals surface area (Å²) >= 11 is 0. The molecule has 1 fully saturated rings. The molecule has 0 amide bonds. The van der Waals surface area contributed by atoms with Crippen LogP contribution >= 0.6 is 0 Å². The first kappa shape index (κ1) is 9.90. The third-order valence-corrected chi connectivity index (χ3v) is 1.17. The predicted molar refractivity (Wildman–Crippen MR) is 37.4 cm³/mol. The topological polar surface area (TPSA) is 86.6 Å². The number of hydrogen-bond acceptors (Lipinski definition) is 3. The average molecular weight is 161 g/mol. The summed E-state index contributed by atoms with van der Waals surface area (Å²) in [4.78, 5) is 18.2. The summed E-state index contributed by atoms with van der Waals surface area (Å²) < 4.78 is 0. The quantitative estimate of drug-likeness (QED) is 0.452. The molecule has 3 N–H and O–H groups in total. The maximum atomic E-state index is 9.10. The van der Waals surface area contributed by atoms with Gasteiger partial charge in [0, 0.05) is 6.04 Å². The Morgan fingerprint density at radius 3 is 1.64 bits per heavy atom. The highest BCUT2D eigenvalue weighted by atomic mass is 16.4. The fraction of sp³-hybridized carbons (Fsp3) is 0.667. The Morgan fingerprint density at radius 1 is 1.27 bits per heavy atom. The summed E-state index contributed by atoms with van der Waals surface area (Å²) in [6.45, 7) is 0. The fourth-order valence-corrected chi connectivity index (χ4v) is 0.372. The predicted octanol–water partition coefficient (Wildman–Crippen LogP) is -0.476. The Bertz CT molecular complexity index is 141. The SMILES string of the molecule is CNC1CC1.O=C(O)C(=O)O. The summed E-state index contributed by atoms with van der Waals surface area (Å²) in [6, 6.07) is 0.884. The summed E-state index contributed by atoms with van der Waals surface area (Å²) in [7, 11) is 2.01. The van der Waals surface area contributed by atoms with Crippen molar-refractivity contribution in [2.45, 2.75) is 18.9 Å². The monoisotopic (exact) mass is 161 g/mol. The first-order chi connectivity index (χ1) is 5.07. The van der Waals surface area contributed by atoms with Gasteiger partial charge in [0.15, 0.2) is 0 Å². The van der Waals surface area contributed by atoms with E-state index >= 15 is 0 Å². The van der Waals surface area contributed by atoms with Crippen molar-refractivity contribution in [3.05, 3.63) is 0 Å². The van der Waals surface area contributed by atoms with Crippen LogP contribution in [0.4, 0.5) is 0 Å². The van der Waals surface area contributed by atoms with Crippen molar-refractivity contribution in [3.63, 3.8) is 0 Å². The van der Waals surface area contributed by atoms with Crippen molar-refractivity contribution >= 4 is 11.9 Å². The Kier molecular flexibility index (Phi) is 4.21. The minimum Gasteiger partial charge on any atom is -0.473 e. The van der Waals surface area contributed by atoms with Crippen LogP contribution in [0.2, 0.25) is 0 Å². The van der Waals surface area contributed by atoms with Crippen molar-refractivity contribution in [2.75, 3.05) is 7.05 Å². The summed E-state index contributed by atoms with van der Waals surface area (Å²) in [5.41, 5.74) is 0. The molecule has 1 saturated carbocycles. The van der Waals surface area contributed by atoms with E-state index in [-0.39, 0.29) is 0 Å². The van der Waals surface area contributed by atoms with E-state index in [0.29, 0.717) is 0 Å². The number of carboxylic acid groups (broad SMARTS) is 2. The van der Waals surface area contributed by atoms with Gasteiger partial charge >= 0.3 is 11.9 Å². The van der Waals surface area contributed by atoms with Gasteiger partial charge in [0.1, 0.15) is 0 Å². The van der Waals surface area contributed by atoms with Gasteiger partial charge in [0.2, 0.25) is 0 Å². The zero-order chi connectivity index (χ0) is 8.85. The number of nitrogens with one attached hydrogen (secondary N) is 1. The van der Waals surface area contributed by atoms with E-state index in [1.807, 2.05) is 7.05 Å². The second kappa shape index (κ2) is 4.68. The zero-order valence-corrected chi connectivity index (χ0v) is 6.20. The highest BCUT2D eigenvalue weighted by molar-refractivity contribution is 6.27. The third kappa shape index (κ3) is 6.79. The minimum atomic E-state index is -1.82. The Balaban J connectivity index is 0.000000183. The lowest BCUT2D eigenvalue weighted by atomic mass is 10.7. The largest absolute Gasteiger partial charge is 0.473 e. The normalized spacial score (nSPS) is 14.6. The first-order valence-electron chi connectivity index (χ1n) is 3.21. The average Bonchev–Trinajstić information content (AvgIpc) is 2.70. The van der Waals surface area contributed by atoms with Crippen LogP contribution < -0.4 is 5.32 Å². The Hall–Kier alpha value is -1.10. The van der Waals surface area contributed by atoms with Gasteiger partial charge in [-0.3, -0.25) is 0 Å². The van der Waals surface area contributed by atoms with Crippen LogP contribution in [0.1, 0.15) is 12.8 Å². The van der Waals surface area contributed by atoms with Crippen LogP contribution in [0.3, 0.4) is 0 Å². The smallest absolute Gasteiger partial charge is 0.414 e. The molecule has 1 rings (SSSR count). The molecule has 0 unspecified atom stereocenters. The van der Waals surface area contributed by atoms with Crippen LogP contribution in [-0.2, 0) is 9.59 Å². The molecule has 11 heavy (non-hydrogen) atoms. The molecule has 0 aromatic rings. The van der Waals surface area contributed by atoms with Crippen LogP contribution in [0, 0.1) is 0 Å². The number of rotatable bonds is 1. The van der Waals surface area contributed by atoms with E-state index in [1.54, 1.807) is 0 Å². The third-order valence-electron chi connectivity index (χ3n) is 1.17. The zero-order valence-electron chi connectivity index (χ0n) is 6.20. The second-order valence-corrected chi connectivity index (χ2v) is 2.17. The first-order valence-corrected chi connectivity index (χ1v) is 3.21. The highest BCUT2D eigenvalue weighted by Crippen LogP contribution is 2.16. The summed E-state index contributed by atoms with van der Waals surface area (Å²) in [5, 5.41) is 17.9. The standard InChI is InChI=1S/C4H9N.C2H2O4/c1-5-4-2-3-4;3-1(4)2(5)6/h4-5H,2-3H2,1H3;(H,3,4)(H,5,6). The van der Waals surface area contributed by atoms with E-state index in [9.17, 15) is 0 Å². The van der Waals surface area contributed by atoms with Crippen LogP contribution in [-0.4, -0.2) is 35.2 Å². The van der Waals surface area contributed by atoms with Gasteiger partial charge in [-0.25, -0.2) is 9.59 Å². The fourth-order valence-electron chi connectivity index (χ4n) is 0.372. The van der Waals surface area contributed by atoms with Gasteiger partial charge in [0.05, 0.1) is 0 Å². The van der Waals surface area contributed by atoms with E-state index in [1.165, 1.54) is 12.8 Å². The van der Waals surface area contributed by atoms with Crippen molar-refractivity contribution < 1.29 is 19.8 Å². The van der Waals surface area contributed by atoms with Gasteiger partial charge in [-0.05, 0) is 19.9 Å². The summed E-state index contributed by atoms with van der Waals surface area (Å²) in [5.74, 6) is -3.65. The van der Waals surface area contributed by atoms with E-state index < -0.39 is 11.9 Å².